The van der Waals surface area contributed by atoms with Gasteiger partial charge in [0, 0.05) is 24.7 Å². The molecule has 2 heterocycles. The summed E-state index contributed by atoms with van der Waals surface area (Å²) in [4.78, 5) is 16.0. The third-order valence-corrected chi connectivity index (χ3v) is 10.0. The molecular weight excluding hydrogens is 501 g/mol. The van der Waals surface area contributed by atoms with Gasteiger partial charge in [0.25, 0.3) is 15.9 Å². The quantitative estimate of drug-likeness (QED) is 0.321. The highest BCUT2D eigenvalue weighted by atomic mass is 32.2. The second kappa shape index (κ2) is 10.2. The van der Waals surface area contributed by atoms with Crippen molar-refractivity contribution in [2.75, 3.05) is 17.9 Å². The summed E-state index contributed by atoms with van der Waals surface area (Å²) in [5.74, 6) is 0.291. The second-order valence-electron chi connectivity index (χ2n) is 8.13. The molecule has 0 aliphatic heterocycles. The summed E-state index contributed by atoms with van der Waals surface area (Å²) in [5.41, 5.74) is 2.38. The second-order valence-corrected chi connectivity index (χ2v) is 12.8. The molecule has 2 aromatic carbocycles. The number of aromatic amines is 1. The topological polar surface area (TPSA) is 106 Å². The monoisotopic (exact) mass is 524 g/mol. The predicted molar refractivity (Wildman–Crippen MR) is 142 cm³/mol. The van der Waals surface area contributed by atoms with Gasteiger partial charge in [-0.05, 0) is 36.1 Å². The highest BCUT2D eigenvalue weighted by Gasteiger charge is 2.27. The van der Waals surface area contributed by atoms with Crippen molar-refractivity contribution < 1.29 is 13.2 Å². The Bertz CT molecular complexity index is 1480. The number of fused-ring (bicyclic) bond motifs is 1. The highest BCUT2D eigenvalue weighted by molar-refractivity contribution is 8.00. The normalized spacial score (nSPS) is 13.2. The van der Waals surface area contributed by atoms with Gasteiger partial charge in [0.2, 0.25) is 0 Å². The fraction of sp³-hybridized carbons (Fsp3) is 0.200. The molecule has 0 saturated carbocycles. The van der Waals surface area contributed by atoms with Gasteiger partial charge in [-0.1, -0.05) is 48.5 Å². The summed E-state index contributed by atoms with van der Waals surface area (Å²) in [6.07, 6.45) is 0. The molecule has 0 spiro atoms. The molecule has 180 valence electrons. The summed E-state index contributed by atoms with van der Waals surface area (Å²) in [7, 11) is -2.23. The minimum Gasteiger partial charge on any atom is -0.349 e. The van der Waals surface area contributed by atoms with Crippen LogP contribution in [0.4, 0.5) is 5.69 Å². The third kappa shape index (κ3) is 5.37. The van der Waals surface area contributed by atoms with Gasteiger partial charge in [-0.25, -0.2) is 8.42 Å². The largest absolute Gasteiger partial charge is 0.349 e. The number of benzene rings is 2. The lowest BCUT2D eigenvalue weighted by molar-refractivity contribution is 0.0948. The van der Waals surface area contributed by atoms with Crippen molar-refractivity contribution >= 4 is 55.6 Å². The number of carbonyl (C=O) groups is 1. The van der Waals surface area contributed by atoms with E-state index in [2.05, 4.69) is 16.4 Å². The molecule has 0 fully saturated rings. The lowest BCUT2D eigenvalue weighted by Crippen LogP contribution is -2.37. The highest BCUT2D eigenvalue weighted by Crippen LogP contribution is 2.32. The third-order valence-electron chi connectivity index (χ3n) is 5.55. The van der Waals surface area contributed by atoms with Crippen molar-refractivity contribution in [3.8, 4) is 6.07 Å². The van der Waals surface area contributed by atoms with Crippen molar-refractivity contribution in [1.82, 2.24) is 10.3 Å². The van der Waals surface area contributed by atoms with Crippen LogP contribution in [0.25, 0.3) is 10.9 Å². The molecule has 2 aromatic heterocycles. The van der Waals surface area contributed by atoms with E-state index < -0.39 is 14.8 Å². The van der Waals surface area contributed by atoms with E-state index in [0.717, 1.165) is 16.9 Å². The number of nitriles is 1. The first-order chi connectivity index (χ1) is 16.7. The van der Waals surface area contributed by atoms with Gasteiger partial charge in [0.15, 0.2) is 0 Å². The van der Waals surface area contributed by atoms with Crippen LogP contribution in [0.15, 0.2) is 76.3 Å². The van der Waals surface area contributed by atoms with Crippen molar-refractivity contribution in [3.63, 3.8) is 0 Å². The maximum absolute atomic E-state index is 13.0. The first kappa shape index (κ1) is 24.9. The number of carbonyl (C=O) groups excluding carboxylic acids is 1. The van der Waals surface area contributed by atoms with Crippen molar-refractivity contribution in [2.45, 2.75) is 21.6 Å². The van der Waals surface area contributed by atoms with Crippen LogP contribution in [0.3, 0.4) is 0 Å². The zero-order chi connectivity index (χ0) is 25.1. The van der Waals surface area contributed by atoms with E-state index >= 15 is 0 Å². The van der Waals surface area contributed by atoms with Gasteiger partial charge < -0.3 is 10.3 Å². The van der Waals surface area contributed by atoms with Gasteiger partial charge in [-0.3, -0.25) is 9.10 Å². The maximum Gasteiger partial charge on any atom is 0.273 e. The van der Waals surface area contributed by atoms with Crippen LogP contribution in [-0.4, -0.2) is 37.6 Å². The Morgan fingerprint density at radius 1 is 1.17 bits per heavy atom. The van der Waals surface area contributed by atoms with Crippen LogP contribution in [0.1, 0.15) is 23.0 Å². The molecule has 0 aliphatic carbocycles. The van der Waals surface area contributed by atoms with E-state index in [-0.39, 0.29) is 16.7 Å². The molecule has 4 aromatic rings. The number of H-pyrrole nitrogens is 1. The van der Waals surface area contributed by atoms with Gasteiger partial charge in [0.05, 0.1) is 17.3 Å². The minimum atomic E-state index is -3.72. The lowest BCUT2D eigenvalue weighted by atomic mass is 10.2. The summed E-state index contributed by atoms with van der Waals surface area (Å²) in [5, 5.41) is 15.0. The molecular formula is C25H24N4O3S3. The molecule has 7 nitrogen and oxygen atoms in total. The zero-order valence-corrected chi connectivity index (χ0v) is 21.6. The molecule has 0 radical (unpaired) electrons. The smallest absolute Gasteiger partial charge is 0.273 e. The van der Waals surface area contributed by atoms with Gasteiger partial charge in [-0.2, -0.15) is 5.26 Å². The van der Waals surface area contributed by atoms with Gasteiger partial charge >= 0.3 is 0 Å². The first-order valence-electron chi connectivity index (χ1n) is 10.7. The molecule has 4 rings (SSSR count). The first-order valence-corrected chi connectivity index (χ1v) is 14.1. The number of amides is 1. The summed E-state index contributed by atoms with van der Waals surface area (Å²) in [6.45, 7) is 1.96. The van der Waals surface area contributed by atoms with Crippen LogP contribution in [-0.2, 0) is 15.8 Å². The van der Waals surface area contributed by atoms with Crippen molar-refractivity contribution in [3.05, 3.63) is 83.4 Å². The Hall–Kier alpha value is -3.26. The zero-order valence-electron chi connectivity index (χ0n) is 19.2. The molecule has 2 N–H and O–H groups in total. The lowest BCUT2D eigenvalue weighted by Gasteiger charge is -2.21. The molecule has 1 amide bonds. The average Bonchev–Trinajstić information content (AvgIpc) is 3.57. The number of anilines is 1. The number of hydrogen-bond donors (Lipinski definition) is 2. The Balaban J connectivity index is 1.50. The number of thiophene rings is 1. The Morgan fingerprint density at radius 3 is 2.63 bits per heavy atom. The summed E-state index contributed by atoms with van der Waals surface area (Å²) < 4.78 is 26.6. The van der Waals surface area contributed by atoms with Crippen LogP contribution in [0, 0.1) is 11.3 Å². The molecule has 0 aliphatic rings. The number of thioether (sulfide) groups is 1. The van der Waals surface area contributed by atoms with Crippen LogP contribution >= 0.6 is 23.1 Å². The minimum absolute atomic E-state index is 0.161. The van der Waals surface area contributed by atoms with E-state index in [1.54, 1.807) is 42.6 Å². The standard InChI is InChI=1S/C25H24N4O3S3/c1-25(16-26,34-15-18-8-4-3-5-9-18)17-27-24(30)20-14-19-10-6-11-21(23(19)28-20)29(2)35(31,32)22-12-7-13-33-22/h3-14,28H,15,17H2,1-2H3,(H,27,30). The number of para-hydroxylation sites is 1. The van der Waals surface area contributed by atoms with Crippen LogP contribution < -0.4 is 9.62 Å². The maximum atomic E-state index is 13.0. The van der Waals surface area contributed by atoms with E-state index in [9.17, 15) is 18.5 Å². The van der Waals surface area contributed by atoms with Gasteiger partial charge in [0.1, 0.15) is 14.7 Å². The fourth-order valence-electron chi connectivity index (χ4n) is 3.48. The number of nitrogens with one attached hydrogen (secondary N) is 2. The number of nitrogens with zero attached hydrogens (tertiary/aromatic N) is 2. The van der Waals surface area contributed by atoms with Crippen molar-refractivity contribution in [1.29, 1.82) is 5.26 Å². The Kier molecular flexibility index (Phi) is 7.21. The van der Waals surface area contributed by atoms with Crippen LogP contribution in [0.2, 0.25) is 0 Å². The number of hydrogen-bond acceptors (Lipinski definition) is 6. The summed E-state index contributed by atoms with van der Waals surface area (Å²) in [6, 6.07) is 22.3. The molecule has 10 heteroatoms. The van der Waals surface area contributed by atoms with Crippen molar-refractivity contribution in [2.24, 2.45) is 0 Å². The number of aromatic nitrogens is 1. The van der Waals surface area contributed by atoms with E-state index in [4.69, 9.17) is 0 Å². The van der Waals surface area contributed by atoms with Gasteiger partial charge in [-0.15, -0.1) is 23.1 Å². The Labute approximate surface area is 212 Å². The van der Waals surface area contributed by atoms with Crippen LogP contribution in [0.5, 0.6) is 0 Å². The summed E-state index contributed by atoms with van der Waals surface area (Å²) >= 11 is 2.62. The fourth-order valence-corrected chi connectivity index (χ4v) is 6.77. The molecule has 0 saturated heterocycles. The predicted octanol–water partition coefficient (Wildman–Crippen LogP) is 5.00. The molecule has 0 bridgehead atoms. The Morgan fingerprint density at radius 2 is 1.94 bits per heavy atom. The average molecular weight is 525 g/mol. The molecule has 1 atom stereocenters. The number of sulfonamides is 1. The number of rotatable bonds is 9. The van der Waals surface area contributed by atoms with E-state index in [1.165, 1.54) is 23.1 Å². The molecule has 1 unspecified atom stereocenters. The van der Waals surface area contributed by atoms with E-state index in [0.29, 0.717) is 28.0 Å². The SMILES string of the molecule is CN(c1cccc2cc(C(=O)NCC(C)(C#N)SCc3ccccc3)[nH]c12)S(=O)(=O)c1cccs1. The molecule has 35 heavy (non-hydrogen) atoms. The van der Waals surface area contributed by atoms with E-state index in [1.807, 2.05) is 36.4 Å².